The number of aromatic hydroxyl groups is 1. The molecule has 0 bridgehead atoms. The van der Waals surface area contributed by atoms with Crippen molar-refractivity contribution in [1.82, 2.24) is 0 Å². The van der Waals surface area contributed by atoms with Gasteiger partial charge < -0.3 is 10.4 Å². The van der Waals surface area contributed by atoms with Gasteiger partial charge in [-0.2, -0.15) is 0 Å². The van der Waals surface area contributed by atoms with Crippen LogP contribution in [0, 0.1) is 0 Å². The lowest BCUT2D eigenvalue weighted by molar-refractivity contribution is 0.474. The van der Waals surface area contributed by atoms with E-state index in [4.69, 9.17) is 0 Å². The van der Waals surface area contributed by atoms with Gasteiger partial charge in [-0.1, -0.05) is 13.8 Å². The van der Waals surface area contributed by atoms with Gasteiger partial charge in [-0.3, -0.25) is 0 Å². The standard InChI is InChI=1S/C11H17NO.H2/c1-4-12-11-6-5-9(13)7-10(11)8(2)3;/h5-8,12-13H,4H2,1-3H3;1H. The topological polar surface area (TPSA) is 32.3 Å². The zero-order chi connectivity index (χ0) is 9.84. The molecule has 0 spiro atoms. The number of rotatable bonds is 3. The highest BCUT2D eigenvalue weighted by Gasteiger charge is 2.06. The molecule has 1 aromatic rings. The summed E-state index contributed by atoms with van der Waals surface area (Å²) in [6.45, 7) is 7.21. The van der Waals surface area contributed by atoms with Crippen molar-refractivity contribution < 1.29 is 6.53 Å². The van der Waals surface area contributed by atoms with E-state index in [0.717, 1.165) is 12.2 Å². The number of benzene rings is 1. The zero-order valence-electron chi connectivity index (χ0n) is 8.46. The number of hydrogen-bond acceptors (Lipinski definition) is 2. The number of phenols is 1. The van der Waals surface area contributed by atoms with Crippen molar-refractivity contribution in [3.63, 3.8) is 0 Å². The van der Waals surface area contributed by atoms with Crippen LogP contribution in [0.15, 0.2) is 18.2 Å². The SMILES string of the molecule is CCNc1ccc(O)cc1C(C)C.[HH]. The summed E-state index contributed by atoms with van der Waals surface area (Å²) in [5, 5.41) is 12.6. The van der Waals surface area contributed by atoms with Crippen molar-refractivity contribution in [2.24, 2.45) is 0 Å². The summed E-state index contributed by atoms with van der Waals surface area (Å²) >= 11 is 0. The summed E-state index contributed by atoms with van der Waals surface area (Å²) in [5.41, 5.74) is 2.29. The van der Waals surface area contributed by atoms with Crippen molar-refractivity contribution in [3.05, 3.63) is 23.8 Å². The summed E-state index contributed by atoms with van der Waals surface area (Å²) in [4.78, 5) is 0. The first-order valence-electron chi connectivity index (χ1n) is 4.72. The average Bonchev–Trinajstić information content (AvgIpc) is 2.08. The Kier molecular flexibility index (Phi) is 3.18. The number of hydrogen-bond donors (Lipinski definition) is 2. The molecule has 0 aromatic heterocycles. The maximum Gasteiger partial charge on any atom is 0.116 e. The van der Waals surface area contributed by atoms with Crippen LogP contribution >= 0.6 is 0 Å². The minimum Gasteiger partial charge on any atom is -0.508 e. The predicted molar refractivity (Wildman–Crippen MR) is 58.5 cm³/mol. The van der Waals surface area contributed by atoms with Crippen LogP contribution in [0.2, 0.25) is 0 Å². The van der Waals surface area contributed by atoms with Crippen LogP contribution in [0.3, 0.4) is 0 Å². The van der Waals surface area contributed by atoms with Gasteiger partial charge in [-0.15, -0.1) is 0 Å². The third-order valence-corrected chi connectivity index (χ3v) is 2.02. The second kappa shape index (κ2) is 4.17. The van der Waals surface area contributed by atoms with Crippen LogP contribution in [0.5, 0.6) is 5.75 Å². The fourth-order valence-electron chi connectivity index (χ4n) is 1.38. The molecular formula is C11H19NO. The molecule has 0 heterocycles. The molecule has 2 nitrogen and oxygen atoms in total. The summed E-state index contributed by atoms with van der Waals surface area (Å²) < 4.78 is 0. The molecule has 0 saturated carbocycles. The summed E-state index contributed by atoms with van der Waals surface area (Å²) in [5.74, 6) is 0.770. The normalized spacial score (nSPS) is 10.5. The average molecular weight is 181 g/mol. The Morgan fingerprint density at radius 1 is 1.46 bits per heavy atom. The maximum atomic E-state index is 9.33. The predicted octanol–water partition coefficient (Wildman–Crippen LogP) is 3.19. The van der Waals surface area contributed by atoms with Crippen LogP contribution in [0.1, 0.15) is 33.7 Å². The number of anilines is 1. The van der Waals surface area contributed by atoms with E-state index in [1.54, 1.807) is 6.07 Å². The van der Waals surface area contributed by atoms with Gasteiger partial charge in [0, 0.05) is 13.7 Å². The maximum absolute atomic E-state index is 9.33. The van der Waals surface area contributed by atoms with E-state index in [1.807, 2.05) is 12.1 Å². The van der Waals surface area contributed by atoms with E-state index in [2.05, 4.69) is 26.1 Å². The fraction of sp³-hybridized carbons (Fsp3) is 0.455. The van der Waals surface area contributed by atoms with Gasteiger partial charge in [0.1, 0.15) is 5.75 Å². The van der Waals surface area contributed by atoms with Crippen molar-refractivity contribution in [1.29, 1.82) is 0 Å². The molecule has 2 heteroatoms. The van der Waals surface area contributed by atoms with E-state index in [1.165, 1.54) is 5.56 Å². The molecule has 0 unspecified atom stereocenters. The molecule has 0 aliphatic heterocycles. The number of phenolic OH excluding ortho intramolecular Hbond substituents is 1. The molecule has 0 aliphatic carbocycles. The summed E-state index contributed by atoms with van der Waals surface area (Å²) in [6.07, 6.45) is 0. The van der Waals surface area contributed by atoms with E-state index in [-0.39, 0.29) is 1.43 Å². The van der Waals surface area contributed by atoms with E-state index in [9.17, 15) is 5.11 Å². The highest BCUT2D eigenvalue weighted by molar-refractivity contribution is 5.55. The fourth-order valence-corrected chi connectivity index (χ4v) is 1.38. The minimum absolute atomic E-state index is 0. The first kappa shape index (κ1) is 9.90. The van der Waals surface area contributed by atoms with E-state index < -0.39 is 0 Å². The summed E-state index contributed by atoms with van der Waals surface area (Å²) in [7, 11) is 0. The molecule has 0 atom stereocenters. The van der Waals surface area contributed by atoms with Crippen LogP contribution in [0.4, 0.5) is 5.69 Å². The van der Waals surface area contributed by atoms with Crippen molar-refractivity contribution in [2.45, 2.75) is 26.7 Å². The van der Waals surface area contributed by atoms with Crippen LogP contribution in [0.25, 0.3) is 0 Å². The Labute approximate surface area is 81.1 Å². The molecule has 0 fully saturated rings. The Bertz CT molecular complexity index is 287. The quantitative estimate of drug-likeness (QED) is 0.702. The van der Waals surface area contributed by atoms with Crippen molar-refractivity contribution >= 4 is 5.69 Å². The van der Waals surface area contributed by atoms with Gasteiger partial charge in [0.25, 0.3) is 0 Å². The molecule has 1 aromatic carbocycles. The van der Waals surface area contributed by atoms with Crippen LogP contribution in [-0.2, 0) is 0 Å². The molecular weight excluding hydrogens is 162 g/mol. The van der Waals surface area contributed by atoms with E-state index >= 15 is 0 Å². The van der Waals surface area contributed by atoms with E-state index in [0.29, 0.717) is 11.7 Å². The van der Waals surface area contributed by atoms with Crippen molar-refractivity contribution in [2.75, 3.05) is 11.9 Å². The molecule has 0 saturated heterocycles. The van der Waals surface area contributed by atoms with Gasteiger partial charge in [-0.05, 0) is 36.6 Å². The number of nitrogens with one attached hydrogen (secondary N) is 1. The first-order valence-corrected chi connectivity index (χ1v) is 4.72. The third-order valence-electron chi connectivity index (χ3n) is 2.02. The smallest absolute Gasteiger partial charge is 0.116 e. The van der Waals surface area contributed by atoms with Crippen molar-refractivity contribution in [3.8, 4) is 5.75 Å². The Balaban J connectivity index is 0.00000169. The molecule has 1 rings (SSSR count). The Morgan fingerprint density at radius 2 is 2.15 bits per heavy atom. The minimum atomic E-state index is 0. The second-order valence-corrected chi connectivity index (χ2v) is 3.46. The summed E-state index contributed by atoms with van der Waals surface area (Å²) in [6, 6.07) is 5.46. The van der Waals surface area contributed by atoms with Gasteiger partial charge in [-0.25, -0.2) is 0 Å². The van der Waals surface area contributed by atoms with Gasteiger partial charge in [0.15, 0.2) is 0 Å². The zero-order valence-corrected chi connectivity index (χ0v) is 8.46. The molecule has 0 radical (unpaired) electrons. The van der Waals surface area contributed by atoms with Gasteiger partial charge in [0.2, 0.25) is 0 Å². The second-order valence-electron chi connectivity index (χ2n) is 3.46. The first-order chi connectivity index (χ1) is 6.15. The molecule has 2 N–H and O–H groups in total. The Morgan fingerprint density at radius 3 is 2.69 bits per heavy atom. The molecule has 13 heavy (non-hydrogen) atoms. The molecule has 74 valence electrons. The van der Waals surface area contributed by atoms with Crippen LogP contribution < -0.4 is 5.32 Å². The van der Waals surface area contributed by atoms with Gasteiger partial charge >= 0.3 is 0 Å². The lowest BCUT2D eigenvalue weighted by atomic mass is 10.0. The lowest BCUT2D eigenvalue weighted by Gasteiger charge is -2.13. The Hall–Kier alpha value is -1.18. The highest BCUT2D eigenvalue weighted by Crippen LogP contribution is 2.27. The van der Waals surface area contributed by atoms with Gasteiger partial charge in [0.05, 0.1) is 0 Å². The highest BCUT2D eigenvalue weighted by atomic mass is 16.3. The molecule has 0 amide bonds. The lowest BCUT2D eigenvalue weighted by Crippen LogP contribution is -2.01. The van der Waals surface area contributed by atoms with Crippen LogP contribution in [-0.4, -0.2) is 11.7 Å². The largest absolute Gasteiger partial charge is 0.508 e. The third kappa shape index (κ3) is 2.38. The monoisotopic (exact) mass is 181 g/mol. The molecule has 0 aliphatic rings.